The van der Waals surface area contributed by atoms with E-state index in [9.17, 15) is 9.59 Å². The summed E-state index contributed by atoms with van der Waals surface area (Å²) in [6.45, 7) is 4.87. The Hall–Kier alpha value is -2.93. The van der Waals surface area contributed by atoms with Gasteiger partial charge in [0.05, 0.1) is 29.3 Å². The number of halogens is 1. The van der Waals surface area contributed by atoms with E-state index < -0.39 is 0 Å². The molecule has 0 unspecified atom stereocenters. The molecule has 0 fully saturated rings. The fourth-order valence-corrected chi connectivity index (χ4v) is 3.00. The molecular weight excluding hydrogens is 382 g/mol. The SMILES string of the molecule is CCCCOc1c(Cl)cc(C(=O)Nc2ccc3[nH]c(=O)[nH]c3c2)cc1OCC. The summed E-state index contributed by atoms with van der Waals surface area (Å²) in [4.78, 5) is 29.4. The number of H-pyrrole nitrogens is 2. The molecule has 0 atom stereocenters. The van der Waals surface area contributed by atoms with Gasteiger partial charge in [-0.15, -0.1) is 0 Å². The Labute approximate surface area is 167 Å². The van der Waals surface area contributed by atoms with E-state index in [2.05, 4.69) is 22.2 Å². The van der Waals surface area contributed by atoms with E-state index in [0.717, 1.165) is 12.8 Å². The highest BCUT2D eigenvalue weighted by Crippen LogP contribution is 2.37. The molecule has 1 amide bonds. The maximum atomic E-state index is 12.7. The second kappa shape index (κ2) is 8.84. The zero-order valence-corrected chi connectivity index (χ0v) is 16.5. The summed E-state index contributed by atoms with van der Waals surface area (Å²) in [5, 5.41) is 3.12. The number of carbonyl (C=O) groups is 1. The maximum absolute atomic E-state index is 12.7. The molecule has 0 aliphatic heterocycles. The van der Waals surface area contributed by atoms with E-state index in [1.165, 1.54) is 0 Å². The molecule has 0 radical (unpaired) electrons. The molecule has 0 aliphatic rings. The first-order valence-electron chi connectivity index (χ1n) is 9.14. The number of nitrogens with one attached hydrogen (secondary N) is 3. The minimum atomic E-state index is -0.347. The topological polar surface area (TPSA) is 96.2 Å². The third-order valence-electron chi connectivity index (χ3n) is 4.09. The van der Waals surface area contributed by atoms with Crippen LogP contribution >= 0.6 is 11.6 Å². The van der Waals surface area contributed by atoms with Crippen molar-refractivity contribution in [1.82, 2.24) is 9.97 Å². The van der Waals surface area contributed by atoms with E-state index in [4.69, 9.17) is 21.1 Å². The second-order valence-corrected chi connectivity index (χ2v) is 6.62. The number of rotatable bonds is 8. The lowest BCUT2D eigenvalue weighted by Crippen LogP contribution is -2.13. The minimum absolute atomic E-state index is 0.301. The standard InChI is InChI=1S/C20H22ClN3O4/c1-3-5-8-28-18-14(21)9-12(10-17(18)27-4-2)19(25)22-13-6-7-15-16(11-13)24-20(26)23-15/h6-7,9-11H,3-5,8H2,1-2H3,(H,22,25)(H2,23,24,26). The zero-order chi connectivity index (χ0) is 20.1. The molecule has 7 nitrogen and oxygen atoms in total. The molecule has 2 aromatic carbocycles. The first-order valence-corrected chi connectivity index (χ1v) is 9.52. The summed E-state index contributed by atoms with van der Waals surface area (Å²) < 4.78 is 11.4. The Kier molecular flexibility index (Phi) is 6.26. The largest absolute Gasteiger partial charge is 0.490 e. The summed E-state index contributed by atoms with van der Waals surface area (Å²) in [6.07, 6.45) is 1.90. The molecule has 1 aromatic heterocycles. The number of carbonyl (C=O) groups excluding carboxylic acids is 1. The number of benzene rings is 2. The van der Waals surface area contributed by atoms with Crippen molar-refractivity contribution in [3.63, 3.8) is 0 Å². The summed E-state index contributed by atoms with van der Waals surface area (Å²) >= 11 is 6.35. The molecule has 0 saturated carbocycles. The molecule has 148 valence electrons. The Morgan fingerprint density at radius 1 is 1.11 bits per heavy atom. The Morgan fingerprint density at radius 3 is 2.64 bits per heavy atom. The van der Waals surface area contributed by atoms with E-state index in [0.29, 0.717) is 52.0 Å². The maximum Gasteiger partial charge on any atom is 0.323 e. The lowest BCUT2D eigenvalue weighted by Gasteiger charge is -2.15. The van der Waals surface area contributed by atoms with Crippen molar-refractivity contribution >= 4 is 34.2 Å². The van der Waals surface area contributed by atoms with Crippen LogP contribution in [-0.2, 0) is 0 Å². The number of anilines is 1. The number of hydrogen-bond donors (Lipinski definition) is 3. The van der Waals surface area contributed by atoms with Gasteiger partial charge in [-0.3, -0.25) is 4.79 Å². The van der Waals surface area contributed by atoms with Gasteiger partial charge in [0.15, 0.2) is 11.5 Å². The van der Waals surface area contributed by atoms with E-state index in [-0.39, 0.29) is 11.6 Å². The normalized spacial score (nSPS) is 10.8. The van der Waals surface area contributed by atoms with Crippen LogP contribution in [0.15, 0.2) is 35.1 Å². The van der Waals surface area contributed by atoms with Crippen molar-refractivity contribution in [3.8, 4) is 11.5 Å². The number of imidazole rings is 1. The lowest BCUT2D eigenvalue weighted by molar-refractivity contribution is 0.102. The van der Waals surface area contributed by atoms with E-state index >= 15 is 0 Å². The number of amides is 1. The number of aromatic amines is 2. The average molecular weight is 404 g/mol. The van der Waals surface area contributed by atoms with Crippen LogP contribution in [0.25, 0.3) is 11.0 Å². The smallest absolute Gasteiger partial charge is 0.323 e. The van der Waals surface area contributed by atoms with Crippen LogP contribution in [0.1, 0.15) is 37.0 Å². The number of fused-ring (bicyclic) bond motifs is 1. The predicted molar refractivity (Wildman–Crippen MR) is 110 cm³/mol. The van der Waals surface area contributed by atoms with Crippen molar-refractivity contribution in [1.29, 1.82) is 0 Å². The predicted octanol–water partition coefficient (Wildman–Crippen LogP) is 4.34. The fourth-order valence-electron chi connectivity index (χ4n) is 2.73. The lowest BCUT2D eigenvalue weighted by atomic mass is 10.1. The zero-order valence-electron chi connectivity index (χ0n) is 15.7. The molecule has 3 rings (SSSR count). The van der Waals surface area contributed by atoms with Crippen LogP contribution in [0, 0.1) is 0 Å². The van der Waals surface area contributed by atoms with Gasteiger partial charge in [0.2, 0.25) is 0 Å². The summed E-state index contributed by atoms with van der Waals surface area (Å²) in [5.74, 6) is 0.529. The van der Waals surface area contributed by atoms with Crippen molar-refractivity contribution in [2.75, 3.05) is 18.5 Å². The average Bonchev–Trinajstić information content (AvgIpc) is 3.03. The number of ether oxygens (including phenoxy) is 2. The van der Waals surface area contributed by atoms with Crippen LogP contribution in [0.3, 0.4) is 0 Å². The van der Waals surface area contributed by atoms with Crippen LogP contribution in [0.4, 0.5) is 5.69 Å². The van der Waals surface area contributed by atoms with Gasteiger partial charge in [0.1, 0.15) is 0 Å². The molecule has 28 heavy (non-hydrogen) atoms. The van der Waals surface area contributed by atoms with Gasteiger partial charge < -0.3 is 24.8 Å². The highest BCUT2D eigenvalue weighted by molar-refractivity contribution is 6.32. The second-order valence-electron chi connectivity index (χ2n) is 6.21. The molecular formula is C20H22ClN3O4. The summed E-state index contributed by atoms with van der Waals surface area (Å²) in [7, 11) is 0. The first-order chi connectivity index (χ1) is 13.5. The molecule has 1 heterocycles. The van der Waals surface area contributed by atoms with Crippen LogP contribution in [-0.4, -0.2) is 29.1 Å². The van der Waals surface area contributed by atoms with Crippen molar-refractivity contribution in [2.24, 2.45) is 0 Å². The van der Waals surface area contributed by atoms with Crippen LogP contribution < -0.4 is 20.5 Å². The molecule has 0 aliphatic carbocycles. The third-order valence-corrected chi connectivity index (χ3v) is 4.37. The minimum Gasteiger partial charge on any atom is -0.490 e. The molecule has 3 N–H and O–H groups in total. The summed E-state index contributed by atoms with van der Waals surface area (Å²) in [6, 6.07) is 8.27. The van der Waals surface area contributed by atoms with Gasteiger partial charge in [-0.05, 0) is 43.7 Å². The molecule has 0 spiro atoms. The molecule has 8 heteroatoms. The first kappa shape index (κ1) is 19.8. The van der Waals surface area contributed by atoms with Crippen LogP contribution in [0.2, 0.25) is 5.02 Å². The monoisotopic (exact) mass is 403 g/mol. The van der Waals surface area contributed by atoms with E-state index in [1.807, 2.05) is 6.92 Å². The molecule has 0 saturated heterocycles. The van der Waals surface area contributed by atoms with Gasteiger partial charge in [-0.1, -0.05) is 24.9 Å². The van der Waals surface area contributed by atoms with Crippen LogP contribution in [0.5, 0.6) is 11.5 Å². The summed E-state index contributed by atoms with van der Waals surface area (Å²) in [5.41, 5.74) is 1.86. The Morgan fingerprint density at radius 2 is 1.89 bits per heavy atom. The van der Waals surface area contributed by atoms with E-state index in [1.54, 1.807) is 30.3 Å². The van der Waals surface area contributed by atoms with Gasteiger partial charge in [-0.25, -0.2) is 4.79 Å². The highest BCUT2D eigenvalue weighted by Gasteiger charge is 2.17. The third kappa shape index (κ3) is 4.48. The molecule has 0 bridgehead atoms. The Balaban J connectivity index is 1.84. The van der Waals surface area contributed by atoms with Gasteiger partial charge in [0.25, 0.3) is 5.91 Å². The quantitative estimate of drug-likeness (QED) is 0.487. The fraction of sp³-hybridized carbons (Fsp3) is 0.300. The Bertz CT molecular complexity index is 1040. The number of hydrogen-bond acceptors (Lipinski definition) is 4. The van der Waals surface area contributed by atoms with Crippen molar-refractivity contribution in [2.45, 2.75) is 26.7 Å². The van der Waals surface area contributed by atoms with Crippen molar-refractivity contribution in [3.05, 3.63) is 51.4 Å². The molecule has 3 aromatic rings. The number of aromatic nitrogens is 2. The van der Waals surface area contributed by atoms with Gasteiger partial charge in [-0.2, -0.15) is 0 Å². The highest BCUT2D eigenvalue weighted by atomic mass is 35.5. The number of unbranched alkanes of at least 4 members (excludes halogenated alkanes) is 1. The van der Waals surface area contributed by atoms with Gasteiger partial charge in [0, 0.05) is 11.3 Å². The van der Waals surface area contributed by atoms with Crippen molar-refractivity contribution < 1.29 is 14.3 Å². The van der Waals surface area contributed by atoms with Gasteiger partial charge >= 0.3 is 5.69 Å².